The number of rotatable bonds is 0. The van der Waals surface area contributed by atoms with Crippen LogP contribution in [0.3, 0.4) is 0 Å². The molecule has 0 radical (unpaired) electrons. The maximum atomic E-state index is 12.8. The first-order valence-electron chi connectivity index (χ1n) is 6.32. The molecule has 0 amide bonds. The smallest absolute Gasteiger partial charge is 0.180 e. The van der Waals surface area contributed by atoms with Crippen LogP contribution in [0.1, 0.15) is 0 Å². The molecule has 5 rings (SSSR count). The number of aromatic nitrogens is 5. The van der Waals surface area contributed by atoms with Gasteiger partial charge in [-0.2, -0.15) is 0 Å². The summed E-state index contributed by atoms with van der Waals surface area (Å²) in [6.45, 7) is 0. The summed E-state index contributed by atoms with van der Waals surface area (Å²) in [6.07, 6.45) is 6.74. The Bertz CT molecular complexity index is 1070. The third-order valence-corrected chi connectivity index (χ3v) is 5.20. The van der Waals surface area contributed by atoms with Gasteiger partial charge in [-0.25, -0.2) is 9.19 Å². The topological polar surface area (TPSA) is 73.0 Å². The van der Waals surface area contributed by atoms with Crippen molar-refractivity contribution < 1.29 is 4.21 Å². The molecule has 4 aromatic rings. The van der Waals surface area contributed by atoms with Gasteiger partial charge in [0.1, 0.15) is 17.6 Å². The third-order valence-electron chi connectivity index (χ3n) is 3.71. The van der Waals surface area contributed by atoms with Crippen molar-refractivity contribution in [2.75, 3.05) is 0 Å². The minimum absolute atomic E-state index is 0.589. The van der Waals surface area contributed by atoms with Crippen molar-refractivity contribution in [2.45, 2.75) is 9.79 Å². The summed E-state index contributed by atoms with van der Waals surface area (Å²) in [6, 6.07) is 5.79. The van der Waals surface area contributed by atoms with Gasteiger partial charge in [-0.15, -0.1) is 10.2 Å². The van der Waals surface area contributed by atoms with Crippen LogP contribution in [0, 0.1) is 0 Å². The molecule has 4 heterocycles. The molecule has 3 aromatic heterocycles. The van der Waals surface area contributed by atoms with Crippen molar-refractivity contribution in [1.82, 2.24) is 24.6 Å². The second-order valence-electron chi connectivity index (χ2n) is 4.79. The number of nitrogens with zero attached hydrogens (tertiary/aromatic N) is 5. The van der Waals surface area contributed by atoms with E-state index in [0.717, 1.165) is 21.2 Å². The molecule has 1 atom stereocenters. The van der Waals surface area contributed by atoms with E-state index in [1.165, 1.54) is 0 Å². The van der Waals surface area contributed by atoms with Crippen LogP contribution in [-0.4, -0.2) is 28.8 Å². The van der Waals surface area contributed by atoms with Crippen LogP contribution in [0.4, 0.5) is 0 Å². The van der Waals surface area contributed by atoms with E-state index in [4.69, 9.17) is 0 Å². The lowest BCUT2D eigenvalue weighted by Crippen LogP contribution is -1.94. The lowest BCUT2D eigenvalue weighted by atomic mass is 10.0. The minimum Gasteiger partial charge on any atom is -0.271 e. The van der Waals surface area contributed by atoms with Gasteiger partial charge in [0.15, 0.2) is 5.65 Å². The molecule has 0 N–H and O–H groups in total. The van der Waals surface area contributed by atoms with E-state index in [0.29, 0.717) is 16.2 Å². The van der Waals surface area contributed by atoms with Gasteiger partial charge in [-0.1, -0.05) is 6.07 Å². The zero-order valence-electron chi connectivity index (χ0n) is 10.6. The highest BCUT2D eigenvalue weighted by Gasteiger charge is 2.31. The highest BCUT2D eigenvalue weighted by Crippen LogP contribution is 2.44. The molecule has 0 bridgehead atoms. The number of fused-ring (bicyclic) bond motifs is 7. The molecule has 0 saturated carbocycles. The molecule has 6 nitrogen and oxygen atoms in total. The van der Waals surface area contributed by atoms with E-state index in [2.05, 4.69) is 20.2 Å². The Labute approximate surface area is 121 Å². The van der Waals surface area contributed by atoms with Crippen molar-refractivity contribution in [1.29, 1.82) is 0 Å². The van der Waals surface area contributed by atoms with Gasteiger partial charge in [0.05, 0.1) is 21.4 Å². The van der Waals surface area contributed by atoms with Gasteiger partial charge in [0.2, 0.25) is 0 Å². The molecule has 21 heavy (non-hydrogen) atoms. The highest BCUT2D eigenvalue weighted by atomic mass is 32.2. The normalized spacial score (nSPS) is 16.3. The summed E-state index contributed by atoms with van der Waals surface area (Å²) >= 11 is 0. The van der Waals surface area contributed by atoms with Crippen LogP contribution in [0.5, 0.6) is 0 Å². The molecule has 1 aliphatic rings. The Kier molecular flexibility index (Phi) is 1.95. The molecule has 1 aliphatic heterocycles. The average Bonchev–Trinajstić information content (AvgIpc) is 3.10. The second-order valence-corrected chi connectivity index (χ2v) is 6.17. The van der Waals surface area contributed by atoms with Crippen molar-refractivity contribution >= 4 is 27.2 Å². The molecular weight excluding hydrogens is 286 g/mol. The first kappa shape index (κ1) is 11.0. The van der Waals surface area contributed by atoms with E-state index in [1.54, 1.807) is 29.4 Å². The van der Waals surface area contributed by atoms with Crippen molar-refractivity contribution in [3.05, 3.63) is 43.2 Å². The molecule has 100 valence electrons. The Morgan fingerprint density at radius 2 is 2.10 bits per heavy atom. The second kappa shape index (κ2) is 3.70. The Morgan fingerprint density at radius 1 is 1.14 bits per heavy atom. The predicted molar refractivity (Wildman–Crippen MR) is 76.2 cm³/mol. The lowest BCUT2D eigenvalue weighted by molar-refractivity contribution is 0.685. The van der Waals surface area contributed by atoms with E-state index >= 15 is 0 Å². The molecule has 1 aromatic carbocycles. The molecule has 1 unspecified atom stereocenters. The van der Waals surface area contributed by atoms with Crippen LogP contribution >= 0.6 is 0 Å². The van der Waals surface area contributed by atoms with Crippen LogP contribution in [0.15, 0.2) is 53.0 Å². The molecule has 7 heteroatoms. The number of benzene rings is 1. The standard InChI is InChI=1S/C14H7N5OS/c20-21-10-2-1-8-3-4-15-5-9(8)11(10)12-13(21)14-18-17-7-19(14)6-16-12/h1-7H. The van der Waals surface area contributed by atoms with Gasteiger partial charge in [-0.3, -0.25) is 9.38 Å². The molecule has 0 aliphatic carbocycles. The fourth-order valence-electron chi connectivity index (χ4n) is 2.77. The summed E-state index contributed by atoms with van der Waals surface area (Å²) in [5.41, 5.74) is 2.19. The van der Waals surface area contributed by atoms with Gasteiger partial charge in [-0.05, 0) is 17.5 Å². The van der Waals surface area contributed by atoms with Crippen molar-refractivity contribution in [3.8, 4) is 11.3 Å². The zero-order valence-corrected chi connectivity index (χ0v) is 11.4. The number of hydrogen-bond donors (Lipinski definition) is 0. The molecule has 0 fully saturated rings. The van der Waals surface area contributed by atoms with Crippen LogP contribution in [0.2, 0.25) is 0 Å². The third kappa shape index (κ3) is 1.28. The lowest BCUT2D eigenvalue weighted by Gasteiger charge is -2.03. The van der Waals surface area contributed by atoms with Crippen LogP contribution < -0.4 is 0 Å². The molecular formula is C14H7N5OS. The summed E-state index contributed by atoms with van der Waals surface area (Å²) in [5, 5.41) is 9.94. The Hall–Kier alpha value is -2.67. The maximum absolute atomic E-state index is 12.8. The van der Waals surface area contributed by atoms with E-state index in [1.807, 2.05) is 18.2 Å². The van der Waals surface area contributed by atoms with Crippen molar-refractivity contribution in [3.63, 3.8) is 0 Å². The molecule has 0 saturated heterocycles. The number of pyridine rings is 1. The van der Waals surface area contributed by atoms with Crippen molar-refractivity contribution in [2.24, 2.45) is 0 Å². The van der Waals surface area contributed by atoms with Gasteiger partial charge in [0, 0.05) is 23.3 Å². The monoisotopic (exact) mass is 293 g/mol. The van der Waals surface area contributed by atoms with Crippen LogP contribution in [-0.2, 0) is 10.8 Å². The molecule has 0 spiro atoms. The summed E-state index contributed by atoms with van der Waals surface area (Å²) < 4.78 is 14.5. The largest absolute Gasteiger partial charge is 0.271 e. The van der Waals surface area contributed by atoms with E-state index in [9.17, 15) is 4.21 Å². The summed E-state index contributed by atoms with van der Waals surface area (Å²) in [7, 11) is -1.30. The highest BCUT2D eigenvalue weighted by molar-refractivity contribution is 7.86. The number of hydrogen-bond acceptors (Lipinski definition) is 5. The summed E-state index contributed by atoms with van der Waals surface area (Å²) in [5.74, 6) is 0. The van der Waals surface area contributed by atoms with Gasteiger partial charge >= 0.3 is 0 Å². The fraction of sp³-hybridized carbons (Fsp3) is 0. The fourth-order valence-corrected chi connectivity index (χ4v) is 4.22. The predicted octanol–water partition coefficient (Wildman–Crippen LogP) is 1.82. The first-order valence-corrected chi connectivity index (χ1v) is 7.47. The SMILES string of the molecule is O=S1c2ccc3ccncc3c2-c2ncn3cnnc3c21. The minimum atomic E-state index is -1.30. The average molecular weight is 293 g/mol. The quantitative estimate of drug-likeness (QED) is 0.435. The van der Waals surface area contributed by atoms with E-state index in [-0.39, 0.29) is 0 Å². The maximum Gasteiger partial charge on any atom is 0.180 e. The van der Waals surface area contributed by atoms with Crippen LogP contribution in [0.25, 0.3) is 27.7 Å². The van der Waals surface area contributed by atoms with Gasteiger partial charge < -0.3 is 0 Å². The Balaban J connectivity index is 2.01. The summed E-state index contributed by atoms with van der Waals surface area (Å²) in [4.78, 5) is 10.0. The first-order chi connectivity index (χ1) is 10.3. The van der Waals surface area contributed by atoms with E-state index < -0.39 is 10.8 Å². The zero-order chi connectivity index (χ0) is 14.0. The Morgan fingerprint density at radius 3 is 3.05 bits per heavy atom. The van der Waals surface area contributed by atoms with Gasteiger partial charge in [0.25, 0.3) is 0 Å².